The Kier molecular flexibility index (Phi) is 4.61. The van der Waals surface area contributed by atoms with Gasteiger partial charge in [-0.3, -0.25) is 10.1 Å². The lowest BCUT2D eigenvalue weighted by Crippen LogP contribution is -2.40. The van der Waals surface area contributed by atoms with Crippen molar-refractivity contribution in [2.45, 2.75) is 0 Å². The van der Waals surface area contributed by atoms with Crippen LogP contribution in [0.3, 0.4) is 0 Å². The molecule has 9 heteroatoms. The van der Waals surface area contributed by atoms with Crippen molar-refractivity contribution in [1.29, 1.82) is 0 Å². The van der Waals surface area contributed by atoms with Crippen LogP contribution in [0.2, 0.25) is 0 Å². The van der Waals surface area contributed by atoms with Crippen molar-refractivity contribution in [1.82, 2.24) is 9.97 Å². The zero-order chi connectivity index (χ0) is 19.8. The molecule has 2 fully saturated rings. The van der Waals surface area contributed by atoms with E-state index >= 15 is 0 Å². The summed E-state index contributed by atoms with van der Waals surface area (Å²) in [5.74, 6) is 0. The van der Waals surface area contributed by atoms with Crippen molar-refractivity contribution in [3.63, 3.8) is 0 Å². The average Bonchev–Trinajstić information content (AvgIpc) is 2.77. The lowest BCUT2D eigenvalue weighted by molar-refractivity contribution is -0.384. The highest BCUT2D eigenvalue weighted by Gasteiger charge is 2.22. The van der Waals surface area contributed by atoms with E-state index < -0.39 is 4.92 Å². The number of nitro groups is 1. The average molecular weight is 395 g/mol. The molecule has 1 aromatic heterocycles. The monoisotopic (exact) mass is 395 g/mol. The first kappa shape index (κ1) is 18.0. The fraction of sp³-hybridized carbons (Fsp3) is 0.400. The van der Waals surface area contributed by atoms with E-state index in [1.54, 1.807) is 6.07 Å². The van der Waals surface area contributed by atoms with Gasteiger partial charge in [0.1, 0.15) is 0 Å². The number of benzene rings is 2. The molecule has 3 aromatic rings. The van der Waals surface area contributed by atoms with Gasteiger partial charge < -0.3 is 19.3 Å². The Morgan fingerprint density at radius 1 is 0.759 bits per heavy atom. The third-order valence-electron chi connectivity index (χ3n) is 5.43. The Hall–Kier alpha value is -3.04. The number of anilines is 2. The highest BCUT2D eigenvalue weighted by atomic mass is 16.6. The van der Waals surface area contributed by atoms with Crippen molar-refractivity contribution in [3.8, 4) is 0 Å². The second-order valence-corrected chi connectivity index (χ2v) is 7.18. The molecular weight excluding hydrogens is 374 g/mol. The van der Waals surface area contributed by atoms with E-state index in [4.69, 9.17) is 19.4 Å². The molecule has 2 aliphatic rings. The maximum atomic E-state index is 11.1. The van der Waals surface area contributed by atoms with Gasteiger partial charge in [0.05, 0.1) is 64.8 Å². The van der Waals surface area contributed by atoms with Crippen LogP contribution in [0.15, 0.2) is 30.3 Å². The largest absolute Gasteiger partial charge is 0.378 e. The van der Waals surface area contributed by atoms with Gasteiger partial charge in [-0.25, -0.2) is 9.97 Å². The number of morpholine rings is 2. The number of rotatable bonds is 3. The maximum Gasteiger partial charge on any atom is 0.271 e. The van der Waals surface area contributed by atoms with Crippen LogP contribution in [0.4, 0.5) is 17.1 Å². The van der Waals surface area contributed by atoms with Crippen LogP contribution >= 0.6 is 0 Å². The van der Waals surface area contributed by atoms with E-state index in [2.05, 4.69) is 21.9 Å². The van der Waals surface area contributed by atoms with E-state index in [0.29, 0.717) is 37.5 Å². The summed E-state index contributed by atoms with van der Waals surface area (Å²) in [7, 11) is 0. The molecule has 0 unspecified atom stereocenters. The Labute approximate surface area is 167 Å². The second kappa shape index (κ2) is 7.41. The lowest BCUT2D eigenvalue weighted by Gasteiger charge is -2.36. The summed E-state index contributed by atoms with van der Waals surface area (Å²) in [6, 6.07) is 8.74. The molecule has 2 aliphatic heterocycles. The van der Waals surface area contributed by atoms with E-state index in [0.717, 1.165) is 48.6 Å². The minimum atomic E-state index is -0.411. The number of aromatic nitrogens is 2. The minimum Gasteiger partial charge on any atom is -0.378 e. The number of nitro benzene ring substituents is 1. The van der Waals surface area contributed by atoms with Gasteiger partial charge in [-0.05, 0) is 18.2 Å². The zero-order valence-corrected chi connectivity index (χ0v) is 15.9. The van der Waals surface area contributed by atoms with Gasteiger partial charge in [0, 0.05) is 38.3 Å². The van der Waals surface area contributed by atoms with Crippen LogP contribution in [0.1, 0.15) is 0 Å². The molecular formula is C20H21N5O4. The molecule has 0 atom stereocenters. The Balaban J connectivity index is 1.67. The summed E-state index contributed by atoms with van der Waals surface area (Å²) >= 11 is 0. The molecule has 3 heterocycles. The summed E-state index contributed by atoms with van der Waals surface area (Å²) in [4.78, 5) is 24.8. The molecule has 5 rings (SSSR count). The molecule has 29 heavy (non-hydrogen) atoms. The Morgan fingerprint density at radius 3 is 1.76 bits per heavy atom. The van der Waals surface area contributed by atoms with Gasteiger partial charge in [-0.1, -0.05) is 0 Å². The fourth-order valence-corrected chi connectivity index (χ4v) is 3.92. The minimum absolute atomic E-state index is 0.0180. The molecule has 150 valence electrons. The summed E-state index contributed by atoms with van der Waals surface area (Å²) in [5.41, 5.74) is 4.93. The summed E-state index contributed by atoms with van der Waals surface area (Å²) in [6.45, 7) is 6.07. The number of hydrogen-bond donors (Lipinski definition) is 0. The topological polar surface area (TPSA) is 93.9 Å². The van der Waals surface area contributed by atoms with Crippen molar-refractivity contribution in [2.75, 3.05) is 62.4 Å². The normalized spacial score (nSPS) is 17.8. The first-order valence-electron chi connectivity index (χ1n) is 9.74. The van der Waals surface area contributed by atoms with Crippen LogP contribution in [0, 0.1) is 10.1 Å². The molecule has 0 spiro atoms. The van der Waals surface area contributed by atoms with Crippen LogP contribution in [-0.2, 0) is 9.47 Å². The molecule has 2 saturated heterocycles. The molecule has 9 nitrogen and oxygen atoms in total. The second-order valence-electron chi connectivity index (χ2n) is 7.18. The quantitative estimate of drug-likeness (QED) is 0.379. The zero-order valence-electron chi connectivity index (χ0n) is 15.9. The fourth-order valence-electron chi connectivity index (χ4n) is 3.92. The van der Waals surface area contributed by atoms with E-state index in [-0.39, 0.29) is 5.69 Å². The van der Waals surface area contributed by atoms with Gasteiger partial charge >= 0.3 is 0 Å². The van der Waals surface area contributed by atoms with Gasteiger partial charge in [-0.15, -0.1) is 0 Å². The number of nitrogens with zero attached hydrogens (tertiary/aromatic N) is 5. The molecule has 0 N–H and O–H groups in total. The van der Waals surface area contributed by atoms with Gasteiger partial charge in [0.25, 0.3) is 5.69 Å². The Morgan fingerprint density at radius 2 is 1.24 bits per heavy atom. The SMILES string of the molecule is O=[N+]([O-])c1ccc2nc3cc(N4CCOCC4)c(N4CCOCC4)cc3nc2c1. The van der Waals surface area contributed by atoms with Crippen molar-refractivity contribution >= 4 is 39.1 Å². The smallest absolute Gasteiger partial charge is 0.271 e. The van der Waals surface area contributed by atoms with Crippen molar-refractivity contribution in [3.05, 3.63) is 40.4 Å². The lowest BCUT2D eigenvalue weighted by atomic mass is 10.1. The number of ether oxygens (including phenoxy) is 2. The molecule has 0 aliphatic carbocycles. The Bertz CT molecular complexity index is 1080. The van der Waals surface area contributed by atoms with E-state index in [9.17, 15) is 10.1 Å². The van der Waals surface area contributed by atoms with Crippen molar-refractivity contribution in [2.24, 2.45) is 0 Å². The number of fused-ring (bicyclic) bond motifs is 2. The van der Waals surface area contributed by atoms with Gasteiger partial charge in [-0.2, -0.15) is 0 Å². The van der Waals surface area contributed by atoms with Crippen LogP contribution in [0.25, 0.3) is 22.1 Å². The first-order valence-corrected chi connectivity index (χ1v) is 9.74. The molecule has 0 saturated carbocycles. The molecule has 0 amide bonds. The third-order valence-corrected chi connectivity index (χ3v) is 5.43. The number of hydrogen-bond acceptors (Lipinski definition) is 8. The summed E-state index contributed by atoms with van der Waals surface area (Å²) < 4.78 is 11.0. The van der Waals surface area contributed by atoms with Crippen LogP contribution in [0.5, 0.6) is 0 Å². The van der Waals surface area contributed by atoms with Crippen LogP contribution in [-0.4, -0.2) is 67.5 Å². The third kappa shape index (κ3) is 3.43. The highest BCUT2D eigenvalue weighted by Crippen LogP contribution is 2.35. The van der Waals surface area contributed by atoms with Crippen molar-refractivity contribution < 1.29 is 14.4 Å². The van der Waals surface area contributed by atoms with E-state index in [1.165, 1.54) is 12.1 Å². The van der Waals surface area contributed by atoms with E-state index in [1.807, 2.05) is 0 Å². The summed E-state index contributed by atoms with van der Waals surface area (Å²) in [6.07, 6.45) is 0. The highest BCUT2D eigenvalue weighted by molar-refractivity contribution is 5.93. The molecule has 0 radical (unpaired) electrons. The predicted octanol–water partition coefficient (Wildman–Crippen LogP) is 2.36. The predicted molar refractivity (Wildman–Crippen MR) is 110 cm³/mol. The summed E-state index contributed by atoms with van der Waals surface area (Å²) in [5, 5.41) is 11.1. The maximum absolute atomic E-state index is 11.1. The standard InChI is InChI=1S/C20H21N5O4/c26-25(27)14-1-2-15-16(11-14)22-18-13-20(24-5-9-29-10-6-24)19(12-17(18)21-15)23-3-7-28-8-4-23/h1-2,11-13H,3-10H2. The van der Waals surface area contributed by atoms with Crippen LogP contribution < -0.4 is 9.80 Å². The molecule has 2 aromatic carbocycles. The first-order chi connectivity index (χ1) is 14.2. The van der Waals surface area contributed by atoms with Gasteiger partial charge in [0.2, 0.25) is 0 Å². The van der Waals surface area contributed by atoms with Gasteiger partial charge in [0.15, 0.2) is 0 Å². The number of non-ortho nitro benzene ring substituents is 1. The molecule has 0 bridgehead atoms.